The van der Waals surface area contributed by atoms with Crippen LogP contribution in [0.4, 0.5) is 8.78 Å². The maximum Gasteiger partial charge on any atom is 0.293 e. The van der Waals surface area contributed by atoms with Crippen molar-refractivity contribution in [2.24, 2.45) is 0 Å². The van der Waals surface area contributed by atoms with Crippen molar-refractivity contribution >= 4 is 6.47 Å². The molecule has 0 aliphatic rings. The van der Waals surface area contributed by atoms with E-state index in [2.05, 4.69) is 4.74 Å². The van der Waals surface area contributed by atoms with Gasteiger partial charge in [-0.3, -0.25) is 4.79 Å². The van der Waals surface area contributed by atoms with Crippen LogP contribution >= 0.6 is 0 Å². The number of ether oxygens (including phenoxy) is 1. The van der Waals surface area contributed by atoms with E-state index in [9.17, 15) is 13.6 Å². The van der Waals surface area contributed by atoms with Gasteiger partial charge in [0.05, 0.1) is 0 Å². The maximum absolute atomic E-state index is 11.4. The standard InChI is InChI=1S/C5H8F2O2/c1-4(9-3-8)2-5(6)7/h3-5H,2H2,1H3. The Hall–Kier alpha value is -0.670. The van der Waals surface area contributed by atoms with Gasteiger partial charge in [0.2, 0.25) is 6.43 Å². The highest BCUT2D eigenvalue weighted by Gasteiger charge is 2.09. The van der Waals surface area contributed by atoms with Crippen molar-refractivity contribution in [3.05, 3.63) is 0 Å². The first kappa shape index (κ1) is 8.33. The number of rotatable bonds is 4. The zero-order valence-electron chi connectivity index (χ0n) is 5.01. The highest BCUT2D eigenvalue weighted by molar-refractivity contribution is 5.37. The van der Waals surface area contributed by atoms with Gasteiger partial charge in [0, 0.05) is 6.42 Å². The van der Waals surface area contributed by atoms with Crippen LogP contribution in [0.2, 0.25) is 0 Å². The average molecular weight is 138 g/mol. The van der Waals surface area contributed by atoms with E-state index in [4.69, 9.17) is 0 Å². The molecule has 0 rings (SSSR count). The van der Waals surface area contributed by atoms with Crippen LogP contribution in [0.15, 0.2) is 0 Å². The lowest BCUT2D eigenvalue weighted by Crippen LogP contribution is -2.10. The summed E-state index contributed by atoms with van der Waals surface area (Å²) >= 11 is 0. The van der Waals surface area contributed by atoms with Crippen molar-refractivity contribution in [3.8, 4) is 0 Å². The predicted molar refractivity (Wildman–Crippen MR) is 27.2 cm³/mol. The van der Waals surface area contributed by atoms with Gasteiger partial charge in [-0.2, -0.15) is 0 Å². The molecule has 0 aromatic carbocycles. The molecule has 0 heterocycles. The Kier molecular flexibility index (Phi) is 3.92. The summed E-state index contributed by atoms with van der Waals surface area (Å²) in [5.41, 5.74) is 0. The van der Waals surface area contributed by atoms with Gasteiger partial charge in [-0.25, -0.2) is 8.78 Å². The molecular formula is C5H8F2O2. The summed E-state index contributed by atoms with van der Waals surface area (Å²) in [4.78, 5) is 9.53. The van der Waals surface area contributed by atoms with Crippen LogP contribution in [0, 0.1) is 0 Å². The molecule has 0 spiro atoms. The van der Waals surface area contributed by atoms with Crippen molar-refractivity contribution in [2.75, 3.05) is 0 Å². The van der Waals surface area contributed by atoms with Gasteiger partial charge in [-0.05, 0) is 6.92 Å². The Morgan fingerprint density at radius 2 is 2.22 bits per heavy atom. The van der Waals surface area contributed by atoms with E-state index in [1.165, 1.54) is 6.92 Å². The quantitative estimate of drug-likeness (QED) is 0.545. The highest BCUT2D eigenvalue weighted by Crippen LogP contribution is 2.04. The molecule has 0 fully saturated rings. The van der Waals surface area contributed by atoms with Crippen molar-refractivity contribution < 1.29 is 18.3 Å². The molecule has 2 nitrogen and oxygen atoms in total. The number of halogens is 2. The first-order valence-electron chi connectivity index (χ1n) is 2.54. The average Bonchev–Trinajstić information content (AvgIpc) is 1.63. The lowest BCUT2D eigenvalue weighted by molar-refractivity contribution is -0.134. The molecule has 0 aliphatic heterocycles. The molecule has 0 amide bonds. The van der Waals surface area contributed by atoms with Crippen LogP contribution in [0.1, 0.15) is 13.3 Å². The van der Waals surface area contributed by atoms with Crippen LogP contribution < -0.4 is 0 Å². The summed E-state index contributed by atoms with van der Waals surface area (Å²) in [7, 11) is 0. The minimum Gasteiger partial charge on any atom is -0.465 e. The fraction of sp³-hybridized carbons (Fsp3) is 0.800. The summed E-state index contributed by atoms with van der Waals surface area (Å²) in [5.74, 6) is 0. The number of alkyl halides is 2. The highest BCUT2D eigenvalue weighted by atomic mass is 19.3. The van der Waals surface area contributed by atoms with Crippen molar-refractivity contribution in [1.82, 2.24) is 0 Å². The van der Waals surface area contributed by atoms with Gasteiger partial charge < -0.3 is 4.74 Å². The lowest BCUT2D eigenvalue weighted by atomic mass is 10.3. The molecule has 0 aromatic heterocycles. The van der Waals surface area contributed by atoms with Crippen LogP contribution in [0.25, 0.3) is 0 Å². The Morgan fingerprint density at radius 3 is 2.56 bits per heavy atom. The molecule has 0 radical (unpaired) electrons. The SMILES string of the molecule is CC(CC(F)F)OC=O. The summed E-state index contributed by atoms with van der Waals surface area (Å²) in [6.45, 7) is 1.59. The summed E-state index contributed by atoms with van der Waals surface area (Å²) < 4.78 is 27.0. The van der Waals surface area contributed by atoms with Crippen LogP contribution in [0.5, 0.6) is 0 Å². The number of hydrogen-bond donors (Lipinski definition) is 0. The van der Waals surface area contributed by atoms with Crippen molar-refractivity contribution in [1.29, 1.82) is 0 Å². The number of carbonyl (C=O) groups is 1. The number of carbonyl (C=O) groups excluding carboxylic acids is 1. The zero-order valence-corrected chi connectivity index (χ0v) is 5.01. The van der Waals surface area contributed by atoms with Crippen LogP contribution in [-0.4, -0.2) is 19.0 Å². The molecule has 0 bridgehead atoms. The molecule has 1 unspecified atom stereocenters. The molecular weight excluding hydrogens is 130 g/mol. The summed E-state index contributed by atoms with van der Waals surface area (Å²) in [5, 5.41) is 0. The van der Waals surface area contributed by atoms with E-state index >= 15 is 0 Å². The third kappa shape index (κ3) is 5.20. The Labute approximate surface area is 51.8 Å². The van der Waals surface area contributed by atoms with Crippen molar-refractivity contribution in [3.63, 3.8) is 0 Å². The molecule has 0 saturated carbocycles. The Bertz CT molecular complexity index is 85.0. The van der Waals surface area contributed by atoms with Crippen LogP contribution in [0.3, 0.4) is 0 Å². The molecule has 4 heteroatoms. The topological polar surface area (TPSA) is 26.3 Å². The molecule has 0 N–H and O–H groups in total. The molecule has 1 atom stereocenters. The number of hydrogen-bond acceptors (Lipinski definition) is 2. The zero-order chi connectivity index (χ0) is 7.28. The van der Waals surface area contributed by atoms with E-state index < -0.39 is 19.0 Å². The Balaban J connectivity index is 3.25. The largest absolute Gasteiger partial charge is 0.465 e. The second-order valence-corrected chi connectivity index (χ2v) is 1.67. The fourth-order valence-electron chi connectivity index (χ4n) is 0.401. The van der Waals surface area contributed by atoms with Gasteiger partial charge in [-0.1, -0.05) is 0 Å². The fourth-order valence-corrected chi connectivity index (χ4v) is 0.401. The van der Waals surface area contributed by atoms with E-state index in [1.54, 1.807) is 0 Å². The van der Waals surface area contributed by atoms with E-state index in [1.807, 2.05) is 0 Å². The van der Waals surface area contributed by atoms with Crippen molar-refractivity contribution in [2.45, 2.75) is 25.9 Å². The third-order valence-electron chi connectivity index (χ3n) is 0.798. The van der Waals surface area contributed by atoms with Gasteiger partial charge in [-0.15, -0.1) is 0 Å². The summed E-state index contributed by atoms with van der Waals surface area (Å²) in [6, 6.07) is 0. The molecule has 0 saturated heterocycles. The van der Waals surface area contributed by atoms with Gasteiger partial charge >= 0.3 is 0 Å². The first-order valence-corrected chi connectivity index (χ1v) is 2.54. The van der Waals surface area contributed by atoms with E-state index in [0.717, 1.165) is 0 Å². The smallest absolute Gasteiger partial charge is 0.293 e. The van der Waals surface area contributed by atoms with Gasteiger partial charge in [0.25, 0.3) is 6.47 Å². The molecule has 0 aromatic rings. The van der Waals surface area contributed by atoms with Gasteiger partial charge in [0.15, 0.2) is 0 Å². The second-order valence-electron chi connectivity index (χ2n) is 1.67. The molecule has 0 aliphatic carbocycles. The minimum absolute atomic E-state index is 0.174. The van der Waals surface area contributed by atoms with E-state index in [-0.39, 0.29) is 6.47 Å². The third-order valence-corrected chi connectivity index (χ3v) is 0.798. The summed E-state index contributed by atoms with van der Waals surface area (Å²) in [6.07, 6.45) is -3.47. The second kappa shape index (κ2) is 4.23. The first-order chi connectivity index (χ1) is 4.16. The normalized spacial score (nSPS) is 13.3. The maximum atomic E-state index is 11.4. The van der Waals surface area contributed by atoms with E-state index in [0.29, 0.717) is 0 Å². The Morgan fingerprint density at radius 1 is 1.67 bits per heavy atom. The molecule has 54 valence electrons. The predicted octanol–water partition coefficient (Wildman–Crippen LogP) is 1.20. The van der Waals surface area contributed by atoms with Crippen LogP contribution in [-0.2, 0) is 9.53 Å². The lowest BCUT2D eigenvalue weighted by Gasteiger charge is -2.06. The monoisotopic (exact) mass is 138 g/mol. The molecule has 9 heavy (non-hydrogen) atoms. The van der Waals surface area contributed by atoms with Gasteiger partial charge in [0.1, 0.15) is 6.10 Å². The minimum atomic E-state index is -2.40.